The molecule has 0 saturated heterocycles. The number of aromatic amines is 1. The summed E-state index contributed by atoms with van der Waals surface area (Å²) in [6.07, 6.45) is 7.09. The Morgan fingerprint density at radius 3 is 3.03 bits per heavy atom. The number of H-pyrrole nitrogens is 1. The summed E-state index contributed by atoms with van der Waals surface area (Å²) >= 11 is 0. The molecule has 0 saturated carbocycles. The molecule has 4 aromatic rings. The van der Waals surface area contributed by atoms with Crippen molar-refractivity contribution in [3.63, 3.8) is 0 Å². The Morgan fingerprint density at radius 2 is 2.21 bits per heavy atom. The van der Waals surface area contributed by atoms with Crippen LogP contribution in [0, 0.1) is 0 Å². The highest BCUT2D eigenvalue weighted by Gasteiger charge is 2.22. The summed E-state index contributed by atoms with van der Waals surface area (Å²) in [5.41, 5.74) is 2.63. The van der Waals surface area contributed by atoms with Crippen molar-refractivity contribution in [3.05, 3.63) is 42.7 Å². The van der Waals surface area contributed by atoms with E-state index in [1.54, 1.807) is 18.7 Å². The standard InChI is InChI=1S/C19H21N9O/c1-12(2)28-19(22-11-24-28)15-10-27-5-6-29-16-7-17(20-8-13-3-4-23-26-13)21-9-14(16)18(27)25-15/h3-4,7,9-12H,5-6,8H2,1-2H3,(H,20,21)(H,23,26). The summed E-state index contributed by atoms with van der Waals surface area (Å²) in [5, 5.41) is 14.5. The van der Waals surface area contributed by atoms with Crippen molar-refractivity contribution in [2.45, 2.75) is 33.0 Å². The summed E-state index contributed by atoms with van der Waals surface area (Å²) in [5.74, 6) is 3.07. The van der Waals surface area contributed by atoms with Gasteiger partial charge in [-0.2, -0.15) is 10.2 Å². The van der Waals surface area contributed by atoms with Gasteiger partial charge in [0, 0.05) is 30.7 Å². The minimum absolute atomic E-state index is 0.204. The maximum atomic E-state index is 5.97. The number of ether oxygens (including phenoxy) is 1. The number of fused-ring (bicyclic) bond motifs is 3. The summed E-state index contributed by atoms with van der Waals surface area (Å²) in [6, 6.07) is 4.03. The number of anilines is 1. The normalized spacial score (nSPS) is 12.9. The molecule has 148 valence electrons. The Bertz CT molecular complexity index is 1130. The fourth-order valence-corrected chi connectivity index (χ4v) is 3.36. The van der Waals surface area contributed by atoms with Crippen LogP contribution in [-0.2, 0) is 13.1 Å². The minimum atomic E-state index is 0.204. The van der Waals surface area contributed by atoms with Crippen LogP contribution in [0.2, 0.25) is 0 Å². The first-order valence-electron chi connectivity index (χ1n) is 9.51. The highest BCUT2D eigenvalue weighted by Crippen LogP contribution is 2.34. The molecule has 10 heteroatoms. The zero-order chi connectivity index (χ0) is 19.8. The maximum absolute atomic E-state index is 5.97. The average Bonchev–Trinajstić information content (AvgIpc) is 3.45. The molecule has 0 aromatic carbocycles. The van der Waals surface area contributed by atoms with Gasteiger partial charge in [0.15, 0.2) is 5.82 Å². The van der Waals surface area contributed by atoms with Gasteiger partial charge in [-0.15, -0.1) is 0 Å². The Morgan fingerprint density at radius 1 is 1.28 bits per heavy atom. The van der Waals surface area contributed by atoms with Gasteiger partial charge in [0.1, 0.15) is 36.0 Å². The molecule has 2 N–H and O–H groups in total. The molecule has 0 radical (unpaired) electrons. The number of imidazole rings is 1. The van der Waals surface area contributed by atoms with E-state index in [0.29, 0.717) is 19.7 Å². The molecule has 5 heterocycles. The first-order chi connectivity index (χ1) is 14.2. The Hall–Kier alpha value is -3.69. The highest BCUT2D eigenvalue weighted by atomic mass is 16.5. The van der Waals surface area contributed by atoms with Crippen molar-refractivity contribution >= 4 is 5.82 Å². The molecule has 5 rings (SSSR count). The average molecular weight is 391 g/mol. The smallest absolute Gasteiger partial charge is 0.178 e. The molecular formula is C19H21N9O. The second-order valence-corrected chi connectivity index (χ2v) is 7.11. The third-order valence-corrected chi connectivity index (χ3v) is 4.78. The fourth-order valence-electron chi connectivity index (χ4n) is 3.36. The predicted octanol–water partition coefficient (Wildman–Crippen LogP) is 2.51. The Kier molecular flexibility index (Phi) is 4.23. The number of nitrogens with one attached hydrogen (secondary N) is 2. The zero-order valence-electron chi connectivity index (χ0n) is 16.2. The molecule has 0 fully saturated rings. The Balaban J connectivity index is 1.47. The minimum Gasteiger partial charge on any atom is -0.491 e. The Labute approximate surface area is 167 Å². The molecule has 1 aliphatic rings. The molecule has 0 amide bonds. The van der Waals surface area contributed by atoms with E-state index in [1.807, 2.05) is 23.0 Å². The third-order valence-electron chi connectivity index (χ3n) is 4.78. The third kappa shape index (κ3) is 3.22. The van der Waals surface area contributed by atoms with Crippen molar-refractivity contribution in [2.24, 2.45) is 0 Å². The molecule has 0 unspecified atom stereocenters. The summed E-state index contributed by atoms with van der Waals surface area (Å²) in [6.45, 7) is 6.00. The predicted molar refractivity (Wildman–Crippen MR) is 106 cm³/mol. The number of aromatic nitrogens is 8. The summed E-state index contributed by atoms with van der Waals surface area (Å²) in [7, 11) is 0. The van der Waals surface area contributed by atoms with Gasteiger partial charge in [0.05, 0.1) is 24.3 Å². The molecule has 0 aliphatic carbocycles. The van der Waals surface area contributed by atoms with E-state index in [2.05, 4.69) is 49.0 Å². The second kappa shape index (κ2) is 7.04. The van der Waals surface area contributed by atoms with Gasteiger partial charge in [-0.3, -0.25) is 5.10 Å². The molecule has 29 heavy (non-hydrogen) atoms. The van der Waals surface area contributed by atoms with Crippen LogP contribution in [0.1, 0.15) is 25.6 Å². The lowest BCUT2D eigenvalue weighted by molar-refractivity contribution is 0.306. The zero-order valence-corrected chi connectivity index (χ0v) is 16.2. The molecule has 0 atom stereocenters. The highest BCUT2D eigenvalue weighted by molar-refractivity contribution is 5.69. The molecule has 10 nitrogen and oxygen atoms in total. The number of pyridine rings is 1. The molecular weight excluding hydrogens is 370 g/mol. The van der Waals surface area contributed by atoms with Crippen molar-refractivity contribution in [3.8, 4) is 28.7 Å². The van der Waals surface area contributed by atoms with Gasteiger partial charge in [0.25, 0.3) is 0 Å². The summed E-state index contributed by atoms with van der Waals surface area (Å²) < 4.78 is 9.92. The van der Waals surface area contributed by atoms with Crippen molar-refractivity contribution in [2.75, 3.05) is 11.9 Å². The van der Waals surface area contributed by atoms with E-state index in [9.17, 15) is 0 Å². The quantitative estimate of drug-likeness (QED) is 0.538. The topological polar surface area (TPSA) is 111 Å². The van der Waals surface area contributed by atoms with E-state index < -0.39 is 0 Å². The lowest BCUT2D eigenvalue weighted by Crippen LogP contribution is -2.06. The van der Waals surface area contributed by atoms with E-state index >= 15 is 0 Å². The van der Waals surface area contributed by atoms with Gasteiger partial charge < -0.3 is 14.6 Å². The van der Waals surface area contributed by atoms with Gasteiger partial charge in [0.2, 0.25) is 0 Å². The van der Waals surface area contributed by atoms with Gasteiger partial charge in [-0.1, -0.05) is 0 Å². The van der Waals surface area contributed by atoms with Crippen LogP contribution < -0.4 is 10.1 Å². The van der Waals surface area contributed by atoms with Crippen LogP contribution in [0.5, 0.6) is 5.75 Å². The molecule has 4 aromatic heterocycles. The van der Waals surface area contributed by atoms with Crippen molar-refractivity contribution in [1.29, 1.82) is 0 Å². The maximum Gasteiger partial charge on any atom is 0.178 e. The van der Waals surface area contributed by atoms with Gasteiger partial charge in [-0.05, 0) is 19.9 Å². The molecule has 1 aliphatic heterocycles. The number of hydrogen-bond acceptors (Lipinski definition) is 7. The van der Waals surface area contributed by atoms with Crippen molar-refractivity contribution in [1.82, 2.24) is 39.5 Å². The summed E-state index contributed by atoms with van der Waals surface area (Å²) in [4.78, 5) is 13.8. The van der Waals surface area contributed by atoms with E-state index in [0.717, 1.165) is 40.2 Å². The monoisotopic (exact) mass is 391 g/mol. The van der Waals surface area contributed by atoms with Crippen LogP contribution in [-0.4, -0.2) is 46.1 Å². The fraction of sp³-hybridized carbons (Fsp3) is 0.316. The number of nitrogens with zero attached hydrogens (tertiary/aromatic N) is 7. The largest absolute Gasteiger partial charge is 0.491 e. The first kappa shape index (κ1) is 17.4. The lowest BCUT2D eigenvalue weighted by Gasteiger charge is -2.10. The first-order valence-corrected chi connectivity index (χ1v) is 9.51. The van der Waals surface area contributed by atoms with Crippen LogP contribution >= 0.6 is 0 Å². The molecule has 0 bridgehead atoms. The van der Waals surface area contributed by atoms with Crippen LogP contribution in [0.15, 0.2) is 37.1 Å². The second-order valence-electron chi connectivity index (χ2n) is 7.11. The van der Waals surface area contributed by atoms with Crippen LogP contribution in [0.3, 0.4) is 0 Å². The van der Waals surface area contributed by atoms with Crippen molar-refractivity contribution < 1.29 is 4.74 Å². The number of rotatable bonds is 5. The number of hydrogen-bond donors (Lipinski definition) is 2. The van der Waals surface area contributed by atoms with E-state index in [-0.39, 0.29) is 6.04 Å². The van der Waals surface area contributed by atoms with E-state index in [1.165, 1.54) is 0 Å². The van der Waals surface area contributed by atoms with Gasteiger partial charge >= 0.3 is 0 Å². The van der Waals surface area contributed by atoms with Crippen LogP contribution in [0.4, 0.5) is 5.82 Å². The lowest BCUT2D eigenvalue weighted by atomic mass is 10.2. The van der Waals surface area contributed by atoms with E-state index in [4.69, 9.17) is 9.72 Å². The van der Waals surface area contributed by atoms with Crippen LogP contribution in [0.25, 0.3) is 22.9 Å². The molecule has 0 spiro atoms. The SMILES string of the molecule is CC(C)n1ncnc1-c1cn2c(n1)-c1cnc(NCc3ccn[nH]3)cc1OCC2. The van der Waals surface area contributed by atoms with Gasteiger partial charge in [-0.25, -0.2) is 19.6 Å².